The van der Waals surface area contributed by atoms with Crippen molar-refractivity contribution in [1.29, 1.82) is 0 Å². The third-order valence-corrected chi connectivity index (χ3v) is 7.16. The first-order valence-electron chi connectivity index (χ1n) is 11.5. The average Bonchev–Trinajstić information content (AvgIpc) is 3.08. The maximum absolute atomic E-state index is 3.72. The zero-order chi connectivity index (χ0) is 20.6. The molecule has 0 saturated carbocycles. The third-order valence-electron chi connectivity index (χ3n) is 7.16. The maximum Gasteiger partial charge on any atom is 0.0510 e. The van der Waals surface area contributed by atoms with Crippen LogP contribution in [0.5, 0.6) is 0 Å². The molecular formula is C28H29N3. The van der Waals surface area contributed by atoms with Crippen LogP contribution in [0.25, 0.3) is 10.9 Å². The van der Waals surface area contributed by atoms with E-state index in [0.29, 0.717) is 12.1 Å². The molecule has 1 N–H and O–H groups in total. The number of nitrogens with zero attached hydrogens (tertiary/aromatic N) is 2. The fourth-order valence-electron chi connectivity index (χ4n) is 5.78. The van der Waals surface area contributed by atoms with Gasteiger partial charge in [0.2, 0.25) is 0 Å². The Kier molecular flexibility index (Phi) is 4.86. The fourth-order valence-corrected chi connectivity index (χ4v) is 5.78. The zero-order valence-electron chi connectivity index (χ0n) is 17.9. The summed E-state index contributed by atoms with van der Waals surface area (Å²) >= 11 is 0. The van der Waals surface area contributed by atoms with Crippen LogP contribution in [0.4, 0.5) is 0 Å². The molecule has 0 bridgehead atoms. The first-order chi connectivity index (χ1) is 15.4. The molecule has 2 atom stereocenters. The summed E-state index contributed by atoms with van der Waals surface area (Å²) in [4.78, 5) is 9.19. The molecule has 0 amide bonds. The summed E-state index contributed by atoms with van der Waals surface area (Å²) in [6.07, 6.45) is 2.31. The summed E-state index contributed by atoms with van der Waals surface area (Å²) in [7, 11) is 0. The number of H-pyrrole nitrogens is 1. The van der Waals surface area contributed by atoms with Crippen LogP contribution < -0.4 is 0 Å². The van der Waals surface area contributed by atoms with Crippen molar-refractivity contribution in [2.75, 3.05) is 13.1 Å². The van der Waals surface area contributed by atoms with Crippen LogP contribution in [0.1, 0.15) is 34.8 Å². The summed E-state index contributed by atoms with van der Waals surface area (Å²) in [6, 6.07) is 31.9. The van der Waals surface area contributed by atoms with Gasteiger partial charge in [-0.15, -0.1) is 0 Å². The van der Waals surface area contributed by atoms with Gasteiger partial charge in [0.1, 0.15) is 0 Å². The van der Waals surface area contributed by atoms with Gasteiger partial charge < -0.3 is 4.98 Å². The second-order valence-electron chi connectivity index (χ2n) is 9.03. The molecule has 1 saturated heterocycles. The molecular weight excluding hydrogens is 378 g/mol. The largest absolute Gasteiger partial charge is 0.357 e. The van der Waals surface area contributed by atoms with E-state index in [9.17, 15) is 0 Å². The van der Waals surface area contributed by atoms with Crippen molar-refractivity contribution < 1.29 is 0 Å². The normalized spacial score (nSPS) is 22.1. The Morgan fingerprint density at radius 3 is 2.39 bits per heavy atom. The number of hydrogen-bond acceptors (Lipinski definition) is 2. The number of nitrogens with one attached hydrogen (secondary N) is 1. The van der Waals surface area contributed by atoms with Crippen LogP contribution in [-0.4, -0.2) is 33.9 Å². The minimum Gasteiger partial charge on any atom is -0.357 e. The van der Waals surface area contributed by atoms with E-state index < -0.39 is 0 Å². The first-order valence-corrected chi connectivity index (χ1v) is 11.5. The molecule has 3 nitrogen and oxygen atoms in total. The average molecular weight is 408 g/mol. The van der Waals surface area contributed by atoms with Crippen molar-refractivity contribution in [2.45, 2.75) is 38.0 Å². The monoisotopic (exact) mass is 407 g/mol. The van der Waals surface area contributed by atoms with Crippen LogP contribution in [-0.2, 0) is 19.5 Å². The van der Waals surface area contributed by atoms with E-state index >= 15 is 0 Å². The number of aromatic nitrogens is 1. The lowest BCUT2D eigenvalue weighted by Crippen LogP contribution is -2.47. The standard InChI is InChI=1S/C28H29N3/c1-3-10-21(11-4-1)19-31-17-9-16-30-20-26-24(23-14-7-8-15-25(23)29-26)18-27(30)28(31)22-12-5-2-6-13-22/h1-8,10-15,27-29H,9,16-20H2/t27-,28+/m0/s1. The molecule has 3 aromatic carbocycles. The van der Waals surface area contributed by atoms with E-state index in [0.717, 1.165) is 32.6 Å². The smallest absolute Gasteiger partial charge is 0.0510 e. The Bertz CT molecular complexity index is 1160. The first kappa shape index (κ1) is 18.9. The van der Waals surface area contributed by atoms with Crippen LogP contribution in [0, 0.1) is 0 Å². The number of benzene rings is 3. The molecule has 3 heterocycles. The minimum absolute atomic E-state index is 0.394. The highest BCUT2D eigenvalue weighted by atomic mass is 15.3. The third kappa shape index (κ3) is 3.48. The summed E-state index contributed by atoms with van der Waals surface area (Å²) in [5, 5.41) is 1.41. The lowest BCUT2D eigenvalue weighted by Gasteiger charge is -2.42. The second-order valence-corrected chi connectivity index (χ2v) is 9.03. The van der Waals surface area contributed by atoms with E-state index in [2.05, 4.69) is 99.7 Å². The van der Waals surface area contributed by atoms with Gasteiger partial charge in [-0.2, -0.15) is 0 Å². The Morgan fingerprint density at radius 1 is 0.806 bits per heavy atom. The van der Waals surface area contributed by atoms with E-state index in [1.54, 1.807) is 0 Å². The Morgan fingerprint density at radius 2 is 1.55 bits per heavy atom. The Balaban J connectivity index is 1.42. The van der Waals surface area contributed by atoms with E-state index in [1.165, 1.54) is 39.7 Å². The van der Waals surface area contributed by atoms with E-state index in [4.69, 9.17) is 0 Å². The summed E-state index contributed by atoms with van der Waals surface area (Å²) < 4.78 is 0. The predicted octanol–water partition coefficient (Wildman–Crippen LogP) is 5.54. The predicted molar refractivity (Wildman–Crippen MR) is 127 cm³/mol. The van der Waals surface area contributed by atoms with Gasteiger partial charge in [-0.05, 0) is 35.6 Å². The van der Waals surface area contributed by atoms with Crippen LogP contribution in [0.2, 0.25) is 0 Å². The molecule has 0 radical (unpaired) electrons. The lowest BCUT2D eigenvalue weighted by molar-refractivity contribution is 0.0929. The van der Waals surface area contributed by atoms with Crippen molar-refractivity contribution in [3.63, 3.8) is 0 Å². The quantitative estimate of drug-likeness (QED) is 0.482. The molecule has 1 fully saturated rings. The molecule has 4 aromatic rings. The molecule has 31 heavy (non-hydrogen) atoms. The molecule has 2 aliphatic rings. The van der Waals surface area contributed by atoms with Crippen molar-refractivity contribution in [3.8, 4) is 0 Å². The highest BCUT2D eigenvalue weighted by Gasteiger charge is 2.39. The fraction of sp³-hybridized carbons (Fsp3) is 0.286. The number of fused-ring (bicyclic) bond motifs is 4. The van der Waals surface area contributed by atoms with Gasteiger partial charge in [0.05, 0.1) is 6.04 Å². The van der Waals surface area contributed by atoms with Gasteiger partial charge in [-0.3, -0.25) is 9.80 Å². The molecule has 0 spiro atoms. The molecule has 0 unspecified atom stereocenters. The molecule has 0 aliphatic carbocycles. The van der Waals surface area contributed by atoms with Gasteiger partial charge in [-0.1, -0.05) is 78.9 Å². The van der Waals surface area contributed by atoms with Crippen molar-refractivity contribution >= 4 is 10.9 Å². The van der Waals surface area contributed by atoms with Gasteiger partial charge in [0.15, 0.2) is 0 Å². The zero-order valence-corrected chi connectivity index (χ0v) is 17.9. The van der Waals surface area contributed by atoms with Gasteiger partial charge >= 0.3 is 0 Å². The molecule has 2 aliphatic heterocycles. The maximum atomic E-state index is 3.72. The van der Waals surface area contributed by atoms with Crippen molar-refractivity contribution in [3.05, 3.63) is 107 Å². The van der Waals surface area contributed by atoms with Crippen LogP contribution in [0.15, 0.2) is 84.9 Å². The number of rotatable bonds is 3. The molecule has 3 heteroatoms. The Labute approximate surface area is 184 Å². The van der Waals surface area contributed by atoms with E-state index in [1.807, 2.05) is 0 Å². The topological polar surface area (TPSA) is 22.3 Å². The van der Waals surface area contributed by atoms with Crippen LogP contribution >= 0.6 is 0 Å². The highest BCUT2D eigenvalue weighted by molar-refractivity contribution is 5.85. The SMILES string of the molecule is c1ccc(CN2CCCN3Cc4[nH]c5ccccc5c4C[C@H]3[C@H]2c2ccccc2)cc1. The lowest BCUT2D eigenvalue weighted by atomic mass is 9.87. The van der Waals surface area contributed by atoms with Crippen LogP contribution in [0.3, 0.4) is 0 Å². The molecule has 1 aromatic heterocycles. The van der Waals surface area contributed by atoms with E-state index in [-0.39, 0.29) is 0 Å². The van der Waals surface area contributed by atoms with Gasteiger partial charge in [-0.25, -0.2) is 0 Å². The highest BCUT2D eigenvalue weighted by Crippen LogP contribution is 2.39. The molecule has 6 rings (SSSR count). The minimum atomic E-state index is 0.394. The Hall–Kier alpha value is -2.88. The second kappa shape index (κ2) is 7.99. The van der Waals surface area contributed by atoms with Gasteiger partial charge in [0.25, 0.3) is 0 Å². The van der Waals surface area contributed by atoms with Gasteiger partial charge in [0, 0.05) is 48.8 Å². The van der Waals surface area contributed by atoms with Crippen molar-refractivity contribution in [1.82, 2.24) is 14.8 Å². The van der Waals surface area contributed by atoms with Crippen molar-refractivity contribution in [2.24, 2.45) is 0 Å². The summed E-state index contributed by atoms with van der Waals surface area (Å²) in [5.74, 6) is 0. The summed E-state index contributed by atoms with van der Waals surface area (Å²) in [6.45, 7) is 4.33. The molecule has 156 valence electrons. The number of aromatic amines is 1. The number of hydrogen-bond donors (Lipinski definition) is 1. The number of para-hydroxylation sites is 1. The summed E-state index contributed by atoms with van der Waals surface area (Å²) in [5.41, 5.74) is 7.07.